The highest BCUT2D eigenvalue weighted by molar-refractivity contribution is 9.10. The van der Waals surface area contributed by atoms with E-state index in [2.05, 4.69) is 53.8 Å². The van der Waals surface area contributed by atoms with Crippen LogP contribution < -0.4 is 21.3 Å². The molecule has 36 heavy (non-hydrogen) atoms. The molecule has 2 aromatic rings. The van der Waals surface area contributed by atoms with Crippen molar-refractivity contribution in [2.75, 3.05) is 25.0 Å². The Morgan fingerprint density at radius 2 is 2.03 bits per heavy atom. The van der Waals surface area contributed by atoms with Gasteiger partial charge in [0.05, 0.1) is 53.3 Å². The molecule has 0 aliphatic carbocycles. The van der Waals surface area contributed by atoms with Gasteiger partial charge in [-0.05, 0) is 18.2 Å². The topological polar surface area (TPSA) is 185 Å². The van der Waals surface area contributed by atoms with Crippen LogP contribution in [0.1, 0.15) is 22.0 Å². The highest BCUT2D eigenvalue weighted by Crippen LogP contribution is 2.37. The van der Waals surface area contributed by atoms with E-state index in [9.17, 15) is 29.7 Å². The van der Waals surface area contributed by atoms with E-state index >= 15 is 0 Å². The Kier molecular flexibility index (Phi) is 8.85. The molecule has 0 fully saturated rings. The van der Waals surface area contributed by atoms with Gasteiger partial charge in [-0.1, -0.05) is 34.1 Å². The number of aliphatic hydroxyl groups excluding tert-OH is 1. The maximum Gasteiger partial charge on any atom is 0.333 e. The first-order chi connectivity index (χ1) is 17.0. The lowest BCUT2D eigenvalue weighted by Gasteiger charge is -2.21. The summed E-state index contributed by atoms with van der Waals surface area (Å²) >= 11 is 9.18. The minimum Gasteiger partial charge on any atom is -0.506 e. The molecule has 7 N–H and O–H groups in total. The van der Waals surface area contributed by atoms with Crippen molar-refractivity contribution < 1.29 is 29.7 Å². The number of aliphatic imine (C=N–C) groups is 1. The molecule has 0 saturated heterocycles. The third-order valence-corrected chi connectivity index (χ3v) is 5.68. The number of carboxylic acid groups (broad SMARTS) is 1. The van der Waals surface area contributed by atoms with Gasteiger partial charge in [-0.15, -0.1) is 0 Å². The van der Waals surface area contributed by atoms with E-state index in [-0.39, 0.29) is 22.7 Å². The normalized spacial score (nSPS) is 15.6. The zero-order valence-corrected chi connectivity index (χ0v) is 20.9. The number of carboxylic acids is 1. The molecule has 1 aliphatic heterocycles. The van der Waals surface area contributed by atoms with Gasteiger partial charge < -0.3 is 36.6 Å². The summed E-state index contributed by atoms with van der Waals surface area (Å²) in [5.74, 6) is -2.76. The van der Waals surface area contributed by atoms with Crippen molar-refractivity contribution in [1.29, 1.82) is 0 Å². The number of nitrogens with zero attached hydrogens (tertiary/aromatic N) is 2. The number of carbonyl (C=O) groups is 3. The van der Waals surface area contributed by atoms with E-state index in [1.807, 2.05) is 0 Å². The van der Waals surface area contributed by atoms with E-state index in [1.54, 1.807) is 0 Å². The fraction of sp³-hybridized carbons (Fsp3) is 0.227. The van der Waals surface area contributed by atoms with Gasteiger partial charge in [0.2, 0.25) is 5.91 Å². The van der Waals surface area contributed by atoms with Crippen LogP contribution in [0.4, 0.5) is 5.69 Å². The summed E-state index contributed by atoms with van der Waals surface area (Å²) in [5.41, 5.74) is 0.187. The number of amides is 2. The van der Waals surface area contributed by atoms with Gasteiger partial charge in [-0.25, -0.2) is 4.79 Å². The minimum absolute atomic E-state index is 0.0104. The van der Waals surface area contributed by atoms with Crippen molar-refractivity contribution >= 4 is 57.0 Å². The maximum absolute atomic E-state index is 12.6. The predicted molar refractivity (Wildman–Crippen MR) is 135 cm³/mol. The molecule has 1 unspecified atom stereocenters. The van der Waals surface area contributed by atoms with Crippen LogP contribution in [0.15, 0.2) is 52.2 Å². The number of carbonyl (C=O) groups excluding carboxylic acids is 2. The molecule has 1 aliphatic rings. The summed E-state index contributed by atoms with van der Waals surface area (Å²) in [6.45, 7) is 3.53. The van der Waals surface area contributed by atoms with Gasteiger partial charge in [0.1, 0.15) is 5.75 Å². The number of anilines is 1. The molecule has 190 valence electrons. The van der Waals surface area contributed by atoms with Gasteiger partial charge in [0, 0.05) is 22.8 Å². The first-order valence-electron chi connectivity index (χ1n) is 10.4. The van der Waals surface area contributed by atoms with E-state index in [4.69, 9.17) is 11.6 Å². The average Bonchev–Trinajstić information content (AvgIpc) is 2.84. The zero-order valence-electron chi connectivity index (χ0n) is 18.6. The van der Waals surface area contributed by atoms with Crippen molar-refractivity contribution in [1.82, 2.24) is 20.9 Å². The molecule has 14 heteroatoms. The van der Waals surface area contributed by atoms with Gasteiger partial charge in [-0.3, -0.25) is 19.6 Å². The predicted octanol–water partition coefficient (Wildman–Crippen LogP) is 1.16. The first kappa shape index (κ1) is 26.9. The molecule has 0 bridgehead atoms. The Balaban J connectivity index is 1.66. The third-order valence-electron chi connectivity index (χ3n) is 4.94. The number of aliphatic carboxylic acids is 1. The molecular weight excluding hydrogens is 560 g/mol. The number of guanidine groups is 1. The van der Waals surface area contributed by atoms with E-state index in [1.165, 1.54) is 30.6 Å². The fourth-order valence-electron chi connectivity index (χ4n) is 3.14. The lowest BCUT2D eigenvalue weighted by Crippen LogP contribution is -2.42. The highest BCUT2D eigenvalue weighted by Gasteiger charge is 2.27. The molecule has 2 heterocycles. The van der Waals surface area contributed by atoms with Gasteiger partial charge in [0.15, 0.2) is 5.96 Å². The number of hydrogen-bond acceptors (Lipinski definition) is 9. The summed E-state index contributed by atoms with van der Waals surface area (Å²) in [6, 6.07) is 2.97. The first-order valence-corrected chi connectivity index (χ1v) is 11.6. The van der Waals surface area contributed by atoms with Crippen LogP contribution in [0.2, 0.25) is 5.02 Å². The number of aliphatic hydroxyl groups is 1. The molecule has 2 atom stereocenters. The molecule has 1 aromatic carbocycles. The monoisotopic (exact) mass is 580 g/mol. The molecule has 1 aromatic heterocycles. The van der Waals surface area contributed by atoms with Crippen LogP contribution in [0.3, 0.4) is 0 Å². The smallest absolute Gasteiger partial charge is 0.333 e. The minimum atomic E-state index is -1.40. The Morgan fingerprint density at radius 3 is 2.69 bits per heavy atom. The Hall–Kier alpha value is -3.68. The second-order valence-electron chi connectivity index (χ2n) is 7.65. The number of phenols is 1. The number of halogens is 2. The summed E-state index contributed by atoms with van der Waals surface area (Å²) in [7, 11) is 0. The summed E-state index contributed by atoms with van der Waals surface area (Å²) in [5, 5.41) is 39.8. The number of aromatic hydroxyl groups is 1. The highest BCUT2D eigenvalue weighted by atomic mass is 79.9. The summed E-state index contributed by atoms with van der Waals surface area (Å²) in [6.07, 6.45) is 2.19. The number of pyridine rings is 1. The van der Waals surface area contributed by atoms with Crippen molar-refractivity contribution in [3.8, 4) is 5.75 Å². The summed E-state index contributed by atoms with van der Waals surface area (Å²) in [4.78, 5) is 44.8. The van der Waals surface area contributed by atoms with Crippen molar-refractivity contribution in [3.63, 3.8) is 0 Å². The number of benzene rings is 1. The second-order valence-corrected chi connectivity index (χ2v) is 8.97. The molecule has 2 amide bonds. The molecule has 0 saturated carbocycles. The van der Waals surface area contributed by atoms with Crippen molar-refractivity contribution in [2.45, 2.75) is 12.1 Å². The van der Waals surface area contributed by atoms with Gasteiger partial charge >= 0.3 is 5.97 Å². The lowest BCUT2D eigenvalue weighted by atomic mass is 9.98. The van der Waals surface area contributed by atoms with E-state index < -0.39 is 47.8 Å². The zero-order chi connectivity index (χ0) is 26.4. The molecule has 3 rings (SSSR count). The fourth-order valence-corrected chi connectivity index (χ4v) is 3.98. The Morgan fingerprint density at radius 1 is 1.28 bits per heavy atom. The number of hydrogen-bond donors (Lipinski definition) is 7. The standard InChI is InChI=1S/C22H22BrClN6O6/c1-10(21(35)36)18(15-3-12(23)4-16(24)19(15)33)30-17(32)9-26-20(34)11-2-13(6-25-5-11)29-22-27-7-14(31)8-28-22/h2-6,14,18,31,33H,1,7-9H2,(H,26,34)(H,30,32)(H,35,36)(H2,27,28,29)/t18-/m1/s1. The Bertz CT molecular complexity index is 1240. The van der Waals surface area contributed by atoms with Gasteiger partial charge in [-0.2, -0.15) is 0 Å². The maximum atomic E-state index is 12.6. The third kappa shape index (κ3) is 6.93. The SMILES string of the molecule is C=C(C(=O)O)[C@@H](NC(=O)CNC(=O)c1cncc(NC2=NCC(O)CN2)c1)c1cc(Br)cc(Cl)c1O. The number of rotatable bonds is 8. The number of β-amino-alcohol motifs (C(OH)–C–C–N with tert-alkyl or cyclic N) is 1. The molecule has 0 radical (unpaired) electrons. The number of phenolic OH excluding ortho intramolecular Hbond substituents is 1. The number of aromatic nitrogens is 1. The lowest BCUT2D eigenvalue weighted by molar-refractivity contribution is -0.133. The largest absolute Gasteiger partial charge is 0.506 e. The van der Waals surface area contributed by atoms with Crippen LogP contribution in [0.25, 0.3) is 0 Å². The van der Waals surface area contributed by atoms with E-state index in [0.29, 0.717) is 22.7 Å². The van der Waals surface area contributed by atoms with Crippen LogP contribution in [-0.4, -0.2) is 69.8 Å². The molecule has 0 spiro atoms. The Labute approximate surface area is 218 Å². The van der Waals surface area contributed by atoms with Gasteiger partial charge in [0.25, 0.3) is 5.91 Å². The van der Waals surface area contributed by atoms with Crippen molar-refractivity contribution in [3.05, 3.63) is 63.4 Å². The second kappa shape index (κ2) is 11.8. The van der Waals surface area contributed by atoms with E-state index in [0.717, 1.165) is 0 Å². The van der Waals surface area contributed by atoms with Crippen LogP contribution in [-0.2, 0) is 9.59 Å². The quantitative estimate of drug-likeness (QED) is 0.225. The average molecular weight is 582 g/mol. The van der Waals surface area contributed by atoms with Crippen LogP contribution in [0, 0.1) is 0 Å². The van der Waals surface area contributed by atoms with Crippen LogP contribution >= 0.6 is 27.5 Å². The van der Waals surface area contributed by atoms with Crippen LogP contribution in [0.5, 0.6) is 5.75 Å². The molecule has 12 nitrogen and oxygen atoms in total. The van der Waals surface area contributed by atoms with Crippen molar-refractivity contribution in [2.24, 2.45) is 4.99 Å². The molecular formula is C22H22BrClN6O6. The number of nitrogens with one attached hydrogen (secondary N) is 4. The summed E-state index contributed by atoms with van der Waals surface area (Å²) < 4.78 is 0.442.